The van der Waals surface area contributed by atoms with Crippen LogP contribution in [0, 0.1) is 10.1 Å². The van der Waals surface area contributed by atoms with Gasteiger partial charge in [-0.25, -0.2) is 4.79 Å². The van der Waals surface area contributed by atoms with Gasteiger partial charge in [0.2, 0.25) is 0 Å². The molecule has 1 unspecified atom stereocenters. The van der Waals surface area contributed by atoms with Crippen LogP contribution in [0.5, 0.6) is 5.75 Å². The summed E-state index contributed by atoms with van der Waals surface area (Å²) < 4.78 is 9.55. The maximum absolute atomic E-state index is 12.0. The van der Waals surface area contributed by atoms with Gasteiger partial charge in [0, 0.05) is 13.2 Å². The van der Waals surface area contributed by atoms with E-state index in [-0.39, 0.29) is 17.9 Å². The number of aliphatic carboxylic acids is 1. The number of hydrogen-bond acceptors (Lipinski definition) is 6. The van der Waals surface area contributed by atoms with Gasteiger partial charge in [-0.05, 0) is 12.1 Å². The Balaban J connectivity index is 2.95. The largest absolute Gasteiger partial charge is 0.497 e. The smallest absolute Gasteiger partial charge is 0.334 e. The van der Waals surface area contributed by atoms with E-state index in [0.29, 0.717) is 0 Å². The summed E-state index contributed by atoms with van der Waals surface area (Å²) in [6.07, 6.45) is -1.24. The average Bonchev–Trinajstić information content (AvgIpc) is 2.46. The number of carboxylic acid groups (broad SMARTS) is 1. The molecule has 0 saturated heterocycles. The number of methoxy groups -OCH3 is 2. The molecule has 1 aromatic carbocycles. The maximum Gasteiger partial charge on any atom is 0.334 e. The van der Waals surface area contributed by atoms with Gasteiger partial charge < -0.3 is 19.9 Å². The molecule has 0 aliphatic rings. The Morgan fingerprint density at radius 2 is 2.10 bits per heavy atom. The van der Waals surface area contributed by atoms with E-state index in [2.05, 4.69) is 10.1 Å². The van der Waals surface area contributed by atoms with Crippen molar-refractivity contribution in [1.82, 2.24) is 5.32 Å². The number of amides is 1. The second-order valence-electron chi connectivity index (χ2n) is 3.91. The van der Waals surface area contributed by atoms with Gasteiger partial charge in [0.05, 0.1) is 18.6 Å². The first-order valence-electron chi connectivity index (χ1n) is 5.77. The average molecular weight is 298 g/mol. The highest BCUT2D eigenvalue weighted by Gasteiger charge is 2.23. The molecule has 1 amide bonds. The summed E-state index contributed by atoms with van der Waals surface area (Å²) in [6, 6.07) is 3.69. The van der Waals surface area contributed by atoms with Crippen molar-refractivity contribution in [2.24, 2.45) is 0 Å². The first-order chi connectivity index (χ1) is 9.90. The molecule has 1 aromatic rings. The highest BCUT2D eigenvalue weighted by Crippen LogP contribution is 2.23. The van der Waals surface area contributed by atoms with Gasteiger partial charge in [0.1, 0.15) is 11.3 Å². The number of benzene rings is 1. The Hall–Kier alpha value is -2.68. The Morgan fingerprint density at radius 3 is 2.57 bits per heavy atom. The van der Waals surface area contributed by atoms with Crippen molar-refractivity contribution in [3.05, 3.63) is 33.9 Å². The molecule has 2 N–H and O–H groups in total. The predicted molar refractivity (Wildman–Crippen MR) is 70.4 cm³/mol. The van der Waals surface area contributed by atoms with Gasteiger partial charge >= 0.3 is 5.97 Å². The lowest BCUT2D eigenvalue weighted by atomic mass is 10.1. The van der Waals surface area contributed by atoms with Crippen LogP contribution in [0.3, 0.4) is 0 Å². The lowest BCUT2D eigenvalue weighted by Crippen LogP contribution is -2.38. The fraction of sp³-hybridized carbons (Fsp3) is 0.333. The van der Waals surface area contributed by atoms with Crippen LogP contribution < -0.4 is 10.1 Å². The molecule has 9 nitrogen and oxygen atoms in total. The Labute approximate surface area is 119 Å². The first kappa shape index (κ1) is 16.4. The summed E-state index contributed by atoms with van der Waals surface area (Å²) in [5.74, 6) is -1.77. The molecule has 1 atom stereocenters. The van der Waals surface area contributed by atoms with Crippen LogP contribution in [-0.2, 0) is 9.53 Å². The van der Waals surface area contributed by atoms with E-state index >= 15 is 0 Å². The second kappa shape index (κ2) is 7.20. The van der Waals surface area contributed by atoms with Crippen LogP contribution in [0.25, 0.3) is 0 Å². The van der Waals surface area contributed by atoms with Crippen molar-refractivity contribution in [3.63, 3.8) is 0 Å². The van der Waals surface area contributed by atoms with Crippen molar-refractivity contribution < 1.29 is 29.1 Å². The molecular formula is C12H14N2O7. The molecule has 0 aliphatic carbocycles. The summed E-state index contributed by atoms with van der Waals surface area (Å²) >= 11 is 0. The van der Waals surface area contributed by atoms with Gasteiger partial charge in [-0.3, -0.25) is 14.9 Å². The van der Waals surface area contributed by atoms with Crippen molar-refractivity contribution in [2.45, 2.75) is 6.10 Å². The Bertz CT molecular complexity index is 559. The minimum atomic E-state index is -1.25. The zero-order valence-electron chi connectivity index (χ0n) is 11.4. The second-order valence-corrected chi connectivity index (χ2v) is 3.91. The molecule has 0 heterocycles. The number of nitro groups is 1. The molecule has 9 heteroatoms. The molecule has 0 saturated carbocycles. The monoisotopic (exact) mass is 298 g/mol. The summed E-state index contributed by atoms with van der Waals surface area (Å²) in [4.78, 5) is 32.9. The van der Waals surface area contributed by atoms with Gasteiger partial charge in [-0.2, -0.15) is 0 Å². The number of hydrogen-bond donors (Lipinski definition) is 2. The van der Waals surface area contributed by atoms with Crippen LogP contribution in [0.4, 0.5) is 5.69 Å². The molecule has 21 heavy (non-hydrogen) atoms. The number of nitrogens with zero attached hydrogens (tertiary/aromatic N) is 1. The highest BCUT2D eigenvalue weighted by atomic mass is 16.6. The van der Waals surface area contributed by atoms with Crippen LogP contribution in [0.1, 0.15) is 10.4 Å². The van der Waals surface area contributed by atoms with E-state index in [0.717, 1.165) is 6.07 Å². The molecule has 0 aliphatic heterocycles. The first-order valence-corrected chi connectivity index (χ1v) is 5.77. The fourth-order valence-corrected chi connectivity index (χ4v) is 1.54. The van der Waals surface area contributed by atoms with Crippen molar-refractivity contribution >= 4 is 17.6 Å². The number of carbonyl (C=O) groups is 2. The van der Waals surface area contributed by atoms with E-state index in [1.807, 2.05) is 0 Å². The molecule has 0 aromatic heterocycles. The third-order valence-electron chi connectivity index (χ3n) is 2.65. The maximum atomic E-state index is 12.0. The van der Waals surface area contributed by atoms with E-state index in [1.165, 1.54) is 26.4 Å². The molecular weight excluding hydrogens is 284 g/mol. The van der Waals surface area contributed by atoms with Crippen molar-refractivity contribution in [3.8, 4) is 5.75 Å². The lowest BCUT2D eigenvalue weighted by Gasteiger charge is -2.12. The highest BCUT2D eigenvalue weighted by molar-refractivity contribution is 5.98. The molecule has 0 radical (unpaired) electrons. The lowest BCUT2D eigenvalue weighted by molar-refractivity contribution is -0.385. The summed E-state index contributed by atoms with van der Waals surface area (Å²) in [7, 11) is 2.53. The topological polar surface area (TPSA) is 128 Å². The molecule has 0 spiro atoms. The zero-order valence-corrected chi connectivity index (χ0v) is 11.4. The molecule has 0 fully saturated rings. The number of rotatable bonds is 7. The van der Waals surface area contributed by atoms with Gasteiger partial charge in [-0.15, -0.1) is 0 Å². The summed E-state index contributed by atoms with van der Waals surface area (Å²) in [5, 5.41) is 21.9. The SMILES string of the molecule is COc1ccc([N+](=O)[O-])c(C(=O)NCC(OC)C(=O)O)c1. The third kappa shape index (κ3) is 4.14. The molecule has 1 rings (SSSR count). The molecule has 114 valence electrons. The standard InChI is InChI=1S/C12H14N2O7/c1-20-7-3-4-9(14(18)19)8(5-7)11(15)13-6-10(21-2)12(16)17/h3-5,10H,6H2,1-2H3,(H,13,15)(H,16,17). The van der Waals surface area contributed by atoms with Crippen molar-refractivity contribution in [2.75, 3.05) is 20.8 Å². The minimum absolute atomic E-state index is 0.223. The Morgan fingerprint density at radius 1 is 1.43 bits per heavy atom. The van der Waals surface area contributed by atoms with Crippen molar-refractivity contribution in [1.29, 1.82) is 0 Å². The number of carboxylic acids is 1. The Kier molecular flexibility index (Phi) is 5.61. The number of nitro benzene ring substituents is 1. The normalized spacial score (nSPS) is 11.5. The fourth-order valence-electron chi connectivity index (χ4n) is 1.54. The van der Waals surface area contributed by atoms with Gasteiger partial charge in [0.15, 0.2) is 6.10 Å². The minimum Gasteiger partial charge on any atom is -0.497 e. The summed E-state index contributed by atoms with van der Waals surface area (Å²) in [5.41, 5.74) is -0.628. The number of nitrogens with one attached hydrogen (secondary N) is 1. The zero-order chi connectivity index (χ0) is 16.0. The van der Waals surface area contributed by atoms with Crippen LogP contribution in [-0.4, -0.2) is 48.8 Å². The number of carbonyl (C=O) groups excluding carboxylic acids is 1. The third-order valence-corrected chi connectivity index (χ3v) is 2.65. The van der Waals surface area contributed by atoms with Gasteiger partial charge in [0.25, 0.3) is 11.6 Å². The van der Waals surface area contributed by atoms with E-state index in [9.17, 15) is 19.7 Å². The van der Waals surface area contributed by atoms with E-state index in [1.54, 1.807) is 0 Å². The van der Waals surface area contributed by atoms with Gasteiger partial charge in [-0.1, -0.05) is 0 Å². The molecule has 0 bridgehead atoms. The van der Waals surface area contributed by atoms with E-state index in [4.69, 9.17) is 9.84 Å². The predicted octanol–water partition coefficient (Wildman–Crippen LogP) is 0.433. The summed E-state index contributed by atoms with van der Waals surface area (Å²) in [6.45, 7) is -0.320. The van der Waals surface area contributed by atoms with Crippen LogP contribution in [0.15, 0.2) is 18.2 Å². The van der Waals surface area contributed by atoms with Crippen LogP contribution in [0.2, 0.25) is 0 Å². The quantitative estimate of drug-likeness (QED) is 0.551. The van der Waals surface area contributed by atoms with E-state index < -0.39 is 28.6 Å². The number of ether oxygens (including phenoxy) is 2. The van der Waals surface area contributed by atoms with Crippen LogP contribution >= 0.6 is 0 Å².